The summed E-state index contributed by atoms with van der Waals surface area (Å²) in [5.74, 6) is 2.51. The first-order valence-corrected chi connectivity index (χ1v) is 8.21. The van der Waals surface area contributed by atoms with Crippen molar-refractivity contribution in [1.82, 2.24) is 0 Å². The van der Waals surface area contributed by atoms with Gasteiger partial charge in [0.05, 0.1) is 13.2 Å². The minimum atomic E-state index is 0.158. The number of benzene rings is 1. The van der Waals surface area contributed by atoms with E-state index in [0.29, 0.717) is 6.10 Å². The van der Waals surface area contributed by atoms with Gasteiger partial charge in [-0.3, -0.25) is 0 Å². The van der Waals surface area contributed by atoms with E-state index < -0.39 is 0 Å². The Morgan fingerprint density at radius 1 is 1.29 bits per heavy atom. The summed E-state index contributed by atoms with van der Waals surface area (Å²) in [4.78, 5) is 0. The summed E-state index contributed by atoms with van der Waals surface area (Å²) in [5.41, 5.74) is 7.06. The van der Waals surface area contributed by atoms with E-state index in [-0.39, 0.29) is 6.04 Å². The highest BCUT2D eigenvalue weighted by atomic mass is 16.5. The predicted octanol–water partition coefficient (Wildman–Crippen LogP) is 3.93. The Labute approximate surface area is 128 Å². The Morgan fingerprint density at radius 2 is 2.10 bits per heavy atom. The fraction of sp³-hybridized carbons (Fsp3) is 0.667. The van der Waals surface area contributed by atoms with Crippen molar-refractivity contribution >= 4 is 0 Å². The molecule has 3 heteroatoms. The zero-order chi connectivity index (χ0) is 15.2. The molecule has 3 nitrogen and oxygen atoms in total. The molecule has 1 saturated carbocycles. The van der Waals surface area contributed by atoms with Gasteiger partial charge in [-0.15, -0.1) is 0 Å². The molecular weight excluding hydrogens is 262 g/mol. The maximum absolute atomic E-state index is 6.21. The first-order chi connectivity index (χ1) is 10.1. The molecule has 3 unspecified atom stereocenters. The third-order valence-electron chi connectivity index (χ3n) is 4.39. The van der Waals surface area contributed by atoms with E-state index in [2.05, 4.69) is 19.1 Å². The highest BCUT2D eigenvalue weighted by Gasteiger charge is 2.23. The second-order valence-electron chi connectivity index (χ2n) is 6.35. The maximum Gasteiger partial charge on any atom is 0.161 e. The molecule has 3 atom stereocenters. The minimum Gasteiger partial charge on any atom is -0.493 e. The first kappa shape index (κ1) is 16.2. The van der Waals surface area contributed by atoms with Crippen LogP contribution in [0.1, 0.15) is 51.5 Å². The van der Waals surface area contributed by atoms with Crippen molar-refractivity contribution in [1.29, 1.82) is 0 Å². The molecule has 1 aromatic rings. The predicted molar refractivity (Wildman–Crippen MR) is 87.0 cm³/mol. The summed E-state index contributed by atoms with van der Waals surface area (Å²) in [6.07, 6.45) is 7.39. The summed E-state index contributed by atoms with van der Waals surface area (Å²) in [7, 11) is 1.70. The van der Waals surface area contributed by atoms with Gasteiger partial charge < -0.3 is 15.2 Å². The summed E-state index contributed by atoms with van der Waals surface area (Å²) in [5, 5.41) is 0. The molecule has 21 heavy (non-hydrogen) atoms. The lowest BCUT2D eigenvalue weighted by Gasteiger charge is -2.29. The average Bonchev–Trinajstić information content (AvgIpc) is 2.48. The van der Waals surface area contributed by atoms with Crippen LogP contribution in [0.4, 0.5) is 0 Å². The fourth-order valence-electron chi connectivity index (χ4n) is 3.21. The molecule has 0 saturated heterocycles. The van der Waals surface area contributed by atoms with E-state index in [1.165, 1.54) is 31.2 Å². The van der Waals surface area contributed by atoms with Crippen molar-refractivity contribution in [3.05, 3.63) is 23.8 Å². The molecule has 0 amide bonds. The lowest BCUT2D eigenvalue weighted by Crippen LogP contribution is -2.25. The molecule has 1 aromatic carbocycles. The SMILES string of the molecule is CCC1CCCC(Oc2ccc(CC(C)N)cc2OC)C1. The molecule has 1 fully saturated rings. The third kappa shape index (κ3) is 4.63. The van der Waals surface area contributed by atoms with Crippen LogP contribution < -0.4 is 15.2 Å². The van der Waals surface area contributed by atoms with Gasteiger partial charge in [0.15, 0.2) is 11.5 Å². The molecule has 0 aromatic heterocycles. The van der Waals surface area contributed by atoms with Crippen LogP contribution in [0.25, 0.3) is 0 Å². The molecule has 1 aliphatic carbocycles. The number of ether oxygens (including phenoxy) is 2. The Bertz CT molecular complexity index is 445. The number of methoxy groups -OCH3 is 1. The van der Waals surface area contributed by atoms with Crippen molar-refractivity contribution in [2.75, 3.05) is 7.11 Å². The van der Waals surface area contributed by atoms with E-state index in [1.807, 2.05) is 13.0 Å². The summed E-state index contributed by atoms with van der Waals surface area (Å²) >= 11 is 0. The number of rotatable bonds is 6. The topological polar surface area (TPSA) is 44.5 Å². The minimum absolute atomic E-state index is 0.158. The van der Waals surface area contributed by atoms with Gasteiger partial charge >= 0.3 is 0 Å². The molecule has 0 bridgehead atoms. The van der Waals surface area contributed by atoms with Gasteiger partial charge in [-0.05, 0) is 56.2 Å². The zero-order valence-corrected chi connectivity index (χ0v) is 13.6. The number of nitrogens with two attached hydrogens (primary N) is 1. The molecule has 0 radical (unpaired) electrons. The van der Waals surface area contributed by atoms with Gasteiger partial charge in [-0.25, -0.2) is 0 Å². The van der Waals surface area contributed by atoms with Gasteiger partial charge in [-0.2, -0.15) is 0 Å². The second kappa shape index (κ2) is 7.69. The van der Waals surface area contributed by atoms with Crippen molar-refractivity contribution in [3.63, 3.8) is 0 Å². The standard InChI is InChI=1S/C18H29NO2/c1-4-14-6-5-7-16(11-14)21-17-9-8-15(10-13(2)19)12-18(17)20-3/h8-9,12-14,16H,4-7,10-11,19H2,1-3H3. The van der Waals surface area contributed by atoms with Crippen molar-refractivity contribution in [3.8, 4) is 11.5 Å². The average molecular weight is 291 g/mol. The van der Waals surface area contributed by atoms with E-state index in [4.69, 9.17) is 15.2 Å². The monoisotopic (exact) mass is 291 g/mol. The van der Waals surface area contributed by atoms with E-state index in [9.17, 15) is 0 Å². The quantitative estimate of drug-likeness (QED) is 0.863. The fourth-order valence-corrected chi connectivity index (χ4v) is 3.21. The van der Waals surface area contributed by atoms with Crippen LogP contribution in [0.2, 0.25) is 0 Å². The molecular formula is C18H29NO2. The Hall–Kier alpha value is -1.22. The molecule has 0 aliphatic heterocycles. The van der Waals surface area contributed by atoms with Crippen molar-refractivity contribution in [2.24, 2.45) is 11.7 Å². The summed E-state index contributed by atoms with van der Waals surface area (Å²) in [6, 6.07) is 6.34. The number of hydrogen-bond acceptors (Lipinski definition) is 3. The number of hydrogen-bond donors (Lipinski definition) is 1. The van der Waals surface area contributed by atoms with Crippen LogP contribution in [0.3, 0.4) is 0 Å². The first-order valence-electron chi connectivity index (χ1n) is 8.21. The molecule has 0 heterocycles. The highest BCUT2D eigenvalue weighted by Crippen LogP contribution is 2.34. The van der Waals surface area contributed by atoms with Crippen molar-refractivity contribution in [2.45, 2.75) is 64.5 Å². The van der Waals surface area contributed by atoms with Gasteiger partial charge in [0.25, 0.3) is 0 Å². The Morgan fingerprint density at radius 3 is 2.76 bits per heavy atom. The molecule has 0 spiro atoms. The Kier molecular flexibility index (Phi) is 5.92. The normalized spacial score (nSPS) is 23.6. The van der Waals surface area contributed by atoms with Crippen LogP contribution in [0, 0.1) is 5.92 Å². The van der Waals surface area contributed by atoms with Crippen LogP contribution >= 0.6 is 0 Å². The zero-order valence-electron chi connectivity index (χ0n) is 13.6. The lowest BCUT2D eigenvalue weighted by molar-refractivity contribution is 0.118. The smallest absolute Gasteiger partial charge is 0.161 e. The van der Waals surface area contributed by atoms with E-state index in [1.54, 1.807) is 7.11 Å². The molecule has 1 aliphatic rings. The van der Waals surface area contributed by atoms with Crippen LogP contribution in [0.15, 0.2) is 18.2 Å². The summed E-state index contributed by atoms with van der Waals surface area (Å²) < 4.78 is 11.7. The van der Waals surface area contributed by atoms with Crippen LogP contribution in [-0.4, -0.2) is 19.3 Å². The highest BCUT2D eigenvalue weighted by molar-refractivity contribution is 5.43. The van der Waals surface area contributed by atoms with E-state index >= 15 is 0 Å². The maximum atomic E-state index is 6.21. The van der Waals surface area contributed by atoms with E-state index in [0.717, 1.165) is 30.3 Å². The molecule has 2 rings (SSSR count). The lowest BCUT2D eigenvalue weighted by atomic mass is 9.85. The van der Waals surface area contributed by atoms with Gasteiger partial charge in [-0.1, -0.05) is 25.8 Å². The molecule has 118 valence electrons. The molecule has 2 N–H and O–H groups in total. The second-order valence-corrected chi connectivity index (χ2v) is 6.35. The third-order valence-corrected chi connectivity index (χ3v) is 4.39. The van der Waals surface area contributed by atoms with Gasteiger partial charge in [0, 0.05) is 6.04 Å². The summed E-state index contributed by atoms with van der Waals surface area (Å²) in [6.45, 7) is 4.29. The van der Waals surface area contributed by atoms with Crippen LogP contribution in [0.5, 0.6) is 11.5 Å². The van der Waals surface area contributed by atoms with Crippen LogP contribution in [-0.2, 0) is 6.42 Å². The Balaban J connectivity index is 2.05. The van der Waals surface area contributed by atoms with Crippen molar-refractivity contribution < 1.29 is 9.47 Å². The van der Waals surface area contributed by atoms with Gasteiger partial charge in [0.2, 0.25) is 0 Å². The van der Waals surface area contributed by atoms with Gasteiger partial charge in [0.1, 0.15) is 0 Å². The largest absolute Gasteiger partial charge is 0.493 e.